The van der Waals surface area contributed by atoms with Gasteiger partial charge in [0.05, 0.1) is 6.61 Å². The minimum Gasteiger partial charge on any atom is -0.465 e. The molecule has 92 valence electrons. The first-order chi connectivity index (χ1) is 7.67. The van der Waals surface area contributed by atoms with E-state index in [0.29, 0.717) is 32.5 Å². The Morgan fingerprint density at radius 1 is 1.44 bits per heavy atom. The van der Waals surface area contributed by atoms with E-state index in [9.17, 15) is 9.59 Å². The largest absolute Gasteiger partial charge is 0.465 e. The van der Waals surface area contributed by atoms with Gasteiger partial charge in [-0.2, -0.15) is 0 Å². The fraction of sp³-hybridized carbons (Fsp3) is 0.833. The molecule has 1 aliphatic rings. The number of esters is 1. The molecular weight excluding hydrogens is 208 g/mol. The number of hydrogen-bond acceptors (Lipinski definition) is 4. The van der Waals surface area contributed by atoms with Crippen molar-refractivity contribution in [2.24, 2.45) is 5.41 Å². The van der Waals surface area contributed by atoms with E-state index in [1.165, 1.54) is 0 Å². The van der Waals surface area contributed by atoms with Gasteiger partial charge in [0.25, 0.3) is 0 Å². The Balaban J connectivity index is 2.81. The fourth-order valence-electron chi connectivity index (χ4n) is 2.22. The van der Waals surface area contributed by atoms with Crippen LogP contribution in [0.1, 0.15) is 39.0 Å². The number of ketones is 1. The van der Waals surface area contributed by atoms with Crippen LogP contribution in [0.2, 0.25) is 0 Å². The van der Waals surface area contributed by atoms with Crippen LogP contribution in [0, 0.1) is 5.41 Å². The molecule has 16 heavy (non-hydrogen) atoms. The first-order valence-electron chi connectivity index (χ1n) is 5.87. The summed E-state index contributed by atoms with van der Waals surface area (Å²) in [5, 5.41) is 0. The van der Waals surface area contributed by atoms with Crippen molar-refractivity contribution in [1.29, 1.82) is 0 Å². The predicted molar refractivity (Wildman–Crippen MR) is 59.0 cm³/mol. The van der Waals surface area contributed by atoms with Gasteiger partial charge in [-0.1, -0.05) is 6.42 Å². The molecule has 1 rings (SSSR count). The van der Waals surface area contributed by atoms with Gasteiger partial charge >= 0.3 is 5.97 Å². The number of carbonyl (C=O) groups is 2. The minimum atomic E-state index is -0.926. The SMILES string of the molecule is CCOC(=O)C1(CCOC)CCCCC1=O. The summed E-state index contributed by atoms with van der Waals surface area (Å²) in [5.74, 6) is -0.342. The highest BCUT2D eigenvalue weighted by molar-refractivity contribution is 6.04. The lowest BCUT2D eigenvalue weighted by Gasteiger charge is -2.33. The molecule has 0 radical (unpaired) electrons. The van der Waals surface area contributed by atoms with Gasteiger partial charge in [0.1, 0.15) is 11.2 Å². The first kappa shape index (κ1) is 13.2. The lowest BCUT2D eigenvalue weighted by molar-refractivity contribution is -0.163. The Labute approximate surface area is 96.3 Å². The number of carbonyl (C=O) groups excluding carboxylic acids is 2. The Morgan fingerprint density at radius 2 is 2.19 bits per heavy atom. The fourth-order valence-corrected chi connectivity index (χ4v) is 2.22. The van der Waals surface area contributed by atoms with Crippen LogP contribution in [0.25, 0.3) is 0 Å². The van der Waals surface area contributed by atoms with Crippen LogP contribution < -0.4 is 0 Å². The predicted octanol–water partition coefficient (Wildman–Crippen LogP) is 1.72. The monoisotopic (exact) mass is 228 g/mol. The summed E-state index contributed by atoms with van der Waals surface area (Å²) in [4.78, 5) is 23.9. The molecule has 0 saturated heterocycles. The zero-order valence-electron chi connectivity index (χ0n) is 10.1. The molecule has 4 heteroatoms. The average Bonchev–Trinajstić information content (AvgIpc) is 2.28. The molecule has 0 aromatic rings. The van der Waals surface area contributed by atoms with Crippen molar-refractivity contribution in [1.82, 2.24) is 0 Å². The lowest BCUT2D eigenvalue weighted by atomic mass is 9.71. The number of rotatable bonds is 5. The molecule has 1 aliphatic carbocycles. The Morgan fingerprint density at radius 3 is 2.75 bits per heavy atom. The van der Waals surface area contributed by atoms with Gasteiger partial charge < -0.3 is 9.47 Å². The molecule has 4 nitrogen and oxygen atoms in total. The summed E-state index contributed by atoms with van der Waals surface area (Å²) in [6.45, 7) is 2.50. The van der Waals surface area contributed by atoms with Gasteiger partial charge in [0, 0.05) is 20.1 Å². The highest BCUT2D eigenvalue weighted by Gasteiger charge is 2.47. The van der Waals surface area contributed by atoms with Crippen LogP contribution in [-0.2, 0) is 19.1 Å². The van der Waals surface area contributed by atoms with E-state index < -0.39 is 5.41 Å². The molecule has 0 amide bonds. The van der Waals surface area contributed by atoms with Gasteiger partial charge in [-0.05, 0) is 26.2 Å². The van der Waals surface area contributed by atoms with Crippen LogP contribution in [0.3, 0.4) is 0 Å². The smallest absolute Gasteiger partial charge is 0.319 e. The third-order valence-corrected chi connectivity index (χ3v) is 3.19. The second-order valence-corrected chi connectivity index (χ2v) is 4.18. The number of methoxy groups -OCH3 is 1. The number of hydrogen-bond donors (Lipinski definition) is 0. The molecular formula is C12H20O4. The zero-order valence-corrected chi connectivity index (χ0v) is 10.1. The molecule has 1 atom stereocenters. The summed E-state index contributed by atoms with van der Waals surface area (Å²) < 4.78 is 10.0. The Kier molecular flexibility index (Phi) is 4.93. The summed E-state index contributed by atoms with van der Waals surface area (Å²) >= 11 is 0. The highest BCUT2D eigenvalue weighted by Crippen LogP contribution is 2.37. The zero-order chi connectivity index (χ0) is 12.0. The van der Waals surface area contributed by atoms with Crippen LogP contribution in [0.5, 0.6) is 0 Å². The maximum absolute atomic E-state index is 12.0. The lowest BCUT2D eigenvalue weighted by Crippen LogP contribution is -2.43. The topological polar surface area (TPSA) is 52.6 Å². The van der Waals surface area contributed by atoms with Crippen molar-refractivity contribution in [3.05, 3.63) is 0 Å². The quantitative estimate of drug-likeness (QED) is 0.531. The maximum Gasteiger partial charge on any atom is 0.319 e. The Bertz CT molecular complexity index is 262. The number of Topliss-reactive ketones (excluding diaryl/α,β-unsaturated/α-hetero) is 1. The normalized spacial score (nSPS) is 25.5. The van der Waals surface area contributed by atoms with Crippen LogP contribution in [0.15, 0.2) is 0 Å². The molecule has 1 unspecified atom stereocenters. The summed E-state index contributed by atoms with van der Waals surface area (Å²) in [6, 6.07) is 0. The summed E-state index contributed by atoms with van der Waals surface area (Å²) in [5.41, 5.74) is -0.926. The van der Waals surface area contributed by atoms with E-state index >= 15 is 0 Å². The average molecular weight is 228 g/mol. The molecule has 0 aromatic carbocycles. The van der Waals surface area contributed by atoms with Crippen LogP contribution >= 0.6 is 0 Å². The molecule has 0 aliphatic heterocycles. The molecule has 0 N–H and O–H groups in total. The third-order valence-electron chi connectivity index (χ3n) is 3.19. The van der Waals surface area contributed by atoms with Crippen molar-refractivity contribution in [2.75, 3.05) is 20.3 Å². The third kappa shape index (κ3) is 2.61. The van der Waals surface area contributed by atoms with Gasteiger partial charge in [0.15, 0.2) is 0 Å². The number of ether oxygens (including phenoxy) is 2. The summed E-state index contributed by atoms with van der Waals surface area (Å²) in [7, 11) is 1.58. The van der Waals surface area contributed by atoms with E-state index in [-0.39, 0.29) is 11.8 Å². The van der Waals surface area contributed by atoms with Crippen molar-refractivity contribution in [3.8, 4) is 0 Å². The van der Waals surface area contributed by atoms with Crippen LogP contribution in [0.4, 0.5) is 0 Å². The van der Waals surface area contributed by atoms with Gasteiger partial charge in [-0.15, -0.1) is 0 Å². The molecule has 0 spiro atoms. The molecule has 1 saturated carbocycles. The van der Waals surface area contributed by atoms with E-state index in [4.69, 9.17) is 9.47 Å². The van der Waals surface area contributed by atoms with Gasteiger partial charge in [-0.3, -0.25) is 9.59 Å². The van der Waals surface area contributed by atoms with Crippen molar-refractivity contribution in [3.63, 3.8) is 0 Å². The highest BCUT2D eigenvalue weighted by atomic mass is 16.5. The van der Waals surface area contributed by atoms with Crippen molar-refractivity contribution in [2.45, 2.75) is 39.0 Å². The van der Waals surface area contributed by atoms with E-state index in [0.717, 1.165) is 12.8 Å². The maximum atomic E-state index is 12.0. The molecule has 0 aromatic heterocycles. The minimum absolute atomic E-state index is 0.0225. The second-order valence-electron chi connectivity index (χ2n) is 4.18. The van der Waals surface area contributed by atoms with Crippen molar-refractivity contribution < 1.29 is 19.1 Å². The second kappa shape index (κ2) is 5.99. The van der Waals surface area contributed by atoms with Gasteiger partial charge in [-0.25, -0.2) is 0 Å². The van der Waals surface area contributed by atoms with Crippen molar-refractivity contribution >= 4 is 11.8 Å². The molecule has 1 fully saturated rings. The molecule has 0 heterocycles. The van der Waals surface area contributed by atoms with Gasteiger partial charge in [0.2, 0.25) is 0 Å². The standard InChI is InChI=1S/C12H20O4/c1-3-16-11(14)12(8-9-15-2)7-5-4-6-10(12)13/h3-9H2,1-2H3. The molecule has 0 bridgehead atoms. The summed E-state index contributed by atoms with van der Waals surface area (Å²) in [6.07, 6.45) is 3.33. The van der Waals surface area contributed by atoms with Crippen LogP contribution in [-0.4, -0.2) is 32.1 Å². The van der Waals surface area contributed by atoms with E-state index in [1.807, 2.05) is 0 Å². The first-order valence-corrected chi connectivity index (χ1v) is 5.87. The van der Waals surface area contributed by atoms with E-state index in [2.05, 4.69) is 0 Å². The Hall–Kier alpha value is -0.900. The van der Waals surface area contributed by atoms with E-state index in [1.54, 1.807) is 14.0 Å².